The van der Waals surface area contributed by atoms with Crippen LogP contribution in [0.3, 0.4) is 0 Å². The Bertz CT molecular complexity index is 784. The molecule has 0 saturated carbocycles. The fraction of sp³-hybridized carbons (Fsp3) is 0.133. The lowest BCUT2D eigenvalue weighted by Crippen LogP contribution is -2.20. The van der Waals surface area contributed by atoms with E-state index in [1.165, 1.54) is 0 Å². The Kier molecular flexibility index (Phi) is 6.94. The molecular formula is C15H9BrCl5NO2. The van der Waals surface area contributed by atoms with Gasteiger partial charge < -0.3 is 10.1 Å². The summed E-state index contributed by atoms with van der Waals surface area (Å²) in [5, 5.41) is 2.70. The topological polar surface area (TPSA) is 38.3 Å². The lowest BCUT2D eigenvalue weighted by atomic mass is 10.2. The van der Waals surface area contributed by atoms with Crippen LogP contribution in [-0.2, 0) is 4.79 Å². The summed E-state index contributed by atoms with van der Waals surface area (Å²) in [6.45, 7) is 1.60. The first kappa shape index (κ1) is 20.0. The molecule has 0 aliphatic heterocycles. The van der Waals surface area contributed by atoms with Crippen LogP contribution in [0, 0.1) is 6.92 Å². The average Bonchev–Trinajstić information content (AvgIpc) is 2.53. The average molecular weight is 492 g/mol. The summed E-state index contributed by atoms with van der Waals surface area (Å²) < 4.78 is 6.12. The third-order valence-corrected chi connectivity index (χ3v) is 5.81. The molecule has 1 N–H and O–H groups in total. The van der Waals surface area contributed by atoms with E-state index >= 15 is 0 Å². The van der Waals surface area contributed by atoms with E-state index < -0.39 is 5.91 Å². The van der Waals surface area contributed by atoms with Crippen molar-refractivity contribution in [3.05, 3.63) is 53.3 Å². The van der Waals surface area contributed by atoms with Crippen molar-refractivity contribution >= 4 is 85.5 Å². The largest absolute Gasteiger partial charge is 0.481 e. The van der Waals surface area contributed by atoms with E-state index in [1.54, 1.807) is 6.07 Å². The molecule has 0 aliphatic rings. The molecule has 0 spiro atoms. The molecule has 0 aliphatic carbocycles. The van der Waals surface area contributed by atoms with E-state index in [4.69, 9.17) is 62.7 Å². The number of hydrogen-bond donors (Lipinski definition) is 1. The SMILES string of the molecule is Cc1ccc(NC(=O)COc2c(Cl)c(Cl)c(Cl)c(Cl)c2Cl)c(Br)c1. The highest BCUT2D eigenvalue weighted by Crippen LogP contribution is 2.48. The van der Waals surface area contributed by atoms with Gasteiger partial charge in [0.1, 0.15) is 10.0 Å². The minimum absolute atomic E-state index is 0.00384. The van der Waals surface area contributed by atoms with Crippen molar-refractivity contribution in [2.75, 3.05) is 11.9 Å². The highest BCUT2D eigenvalue weighted by molar-refractivity contribution is 9.10. The lowest BCUT2D eigenvalue weighted by Gasteiger charge is -2.14. The molecule has 3 nitrogen and oxygen atoms in total. The lowest BCUT2D eigenvalue weighted by molar-refractivity contribution is -0.118. The number of carbonyl (C=O) groups is 1. The quantitative estimate of drug-likeness (QED) is 0.367. The second kappa shape index (κ2) is 8.35. The molecule has 0 atom stereocenters. The molecule has 0 aromatic heterocycles. The van der Waals surface area contributed by atoms with Gasteiger partial charge in [0.05, 0.1) is 20.8 Å². The van der Waals surface area contributed by atoms with Crippen molar-refractivity contribution in [3.8, 4) is 5.75 Å². The second-order valence-electron chi connectivity index (χ2n) is 4.72. The molecule has 0 heterocycles. The highest BCUT2D eigenvalue weighted by atomic mass is 79.9. The molecule has 2 aromatic rings. The van der Waals surface area contributed by atoms with Crippen LogP contribution in [0.5, 0.6) is 5.75 Å². The molecule has 1 amide bonds. The number of ether oxygens (including phenoxy) is 1. The molecule has 24 heavy (non-hydrogen) atoms. The molecular weight excluding hydrogens is 483 g/mol. The van der Waals surface area contributed by atoms with Gasteiger partial charge in [0, 0.05) is 4.47 Å². The van der Waals surface area contributed by atoms with Gasteiger partial charge in [0.15, 0.2) is 12.4 Å². The summed E-state index contributed by atoms with van der Waals surface area (Å²) in [5.41, 5.74) is 1.67. The zero-order chi connectivity index (χ0) is 18.0. The monoisotopic (exact) mass is 489 g/mol. The molecule has 0 bridgehead atoms. The van der Waals surface area contributed by atoms with Gasteiger partial charge in [-0.25, -0.2) is 0 Å². The van der Waals surface area contributed by atoms with E-state index in [9.17, 15) is 4.79 Å². The fourth-order valence-electron chi connectivity index (χ4n) is 1.76. The predicted molar refractivity (Wildman–Crippen MR) is 104 cm³/mol. The van der Waals surface area contributed by atoms with E-state index in [-0.39, 0.29) is 37.5 Å². The first-order chi connectivity index (χ1) is 11.2. The van der Waals surface area contributed by atoms with Gasteiger partial charge in [-0.2, -0.15) is 0 Å². The molecule has 9 heteroatoms. The standard InChI is InChI=1S/C15H9BrCl5NO2/c1-6-2-3-8(7(16)4-6)22-9(23)5-24-15-13(20)11(18)10(17)12(19)14(15)21/h2-4H,5H2,1H3,(H,22,23). The Morgan fingerprint density at radius 1 is 1.04 bits per heavy atom. The minimum atomic E-state index is -0.408. The van der Waals surface area contributed by atoms with Crippen LogP contribution < -0.4 is 10.1 Å². The molecule has 2 rings (SSSR count). The molecule has 2 aromatic carbocycles. The molecule has 0 fully saturated rings. The maximum Gasteiger partial charge on any atom is 0.262 e. The van der Waals surface area contributed by atoms with Crippen LogP contribution in [0.1, 0.15) is 5.56 Å². The Hall–Kier alpha value is -0.360. The summed E-state index contributed by atoms with van der Waals surface area (Å²) in [5.74, 6) is -0.412. The number of halogens is 6. The third-order valence-electron chi connectivity index (χ3n) is 2.92. The Morgan fingerprint density at radius 2 is 1.58 bits per heavy atom. The normalized spacial score (nSPS) is 10.6. The maximum atomic E-state index is 12.0. The highest BCUT2D eigenvalue weighted by Gasteiger charge is 2.21. The van der Waals surface area contributed by atoms with Gasteiger partial charge in [-0.15, -0.1) is 0 Å². The zero-order valence-corrected chi connectivity index (χ0v) is 17.4. The number of hydrogen-bond acceptors (Lipinski definition) is 2. The second-order valence-corrected chi connectivity index (χ2v) is 7.46. The molecule has 0 radical (unpaired) electrons. The molecule has 128 valence electrons. The Morgan fingerprint density at radius 3 is 2.12 bits per heavy atom. The number of nitrogens with one attached hydrogen (secondary N) is 1. The Balaban J connectivity index is 2.12. The fourth-order valence-corrected chi connectivity index (χ4v) is 3.58. The van der Waals surface area contributed by atoms with Gasteiger partial charge in [-0.3, -0.25) is 4.79 Å². The summed E-state index contributed by atoms with van der Waals surface area (Å²) in [4.78, 5) is 12.0. The van der Waals surface area contributed by atoms with Crippen molar-refractivity contribution in [2.45, 2.75) is 6.92 Å². The smallest absolute Gasteiger partial charge is 0.262 e. The van der Waals surface area contributed by atoms with E-state index in [0.717, 1.165) is 10.0 Å². The molecule has 0 saturated heterocycles. The number of amides is 1. The summed E-state index contributed by atoms with van der Waals surface area (Å²) in [7, 11) is 0. The van der Waals surface area contributed by atoms with Crippen LogP contribution in [0.4, 0.5) is 5.69 Å². The number of carbonyl (C=O) groups excluding carboxylic acids is 1. The predicted octanol–water partition coefficient (Wildman–Crippen LogP) is 7.04. The van der Waals surface area contributed by atoms with E-state index in [1.807, 2.05) is 19.1 Å². The van der Waals surface area contributed by atoms with Crippen LogP contribution in [0.25, 0.3) is 0 Å². The number of benzene rings is 2. The van der Waals surface area contributed by atoms with Gasteiger partial charge in [0.25, 0.3) is 5.91 Å². The van der Waals surface area contributed by atoms with Crippen LogP contribution in [-0.4, -0.2) is 12.5 Å². The third kappa shape index (κ3) is 4.43. The van der Waals surface area contributed by atoms with Crippen LogP contribution >= 0.6 is 73.9 Å². The van der Waals surface area contributed by atoms with Crippen molar-refractivity contribution in [1.29, 1.82) is 0 Å². The summed E-state index contributed by atoms with van der Waals surface area (Å²) >= 11 is 33.2. The maximum absolute atomic E-state index is 12.0. The number of rotatable bonds is 4. The van der Waals surface area contributed by atoms with E-state index in [2.05, 4.69) is 21.2 Å². The van der Waals surface area contributed by atoms with Gasteiger partial charge in [-0.05, 0) is 40.5 Å². The number of aryl methyl sites for hydroxylation is 1. The molecule has 0 unspecified atom stereocenters. The zero-order valence-electron chi connectivity index (χ0n) is 12.0. The first-order valence-corrected chi connectivity index (χ1v) is 9.11. The minimum Gasteiger partial charge on any atom is -0.481 e. The van der Waals surface area contributed by atoms with Gasteiger partial charge in [0.2, 0.25) is 0 Å². The van der Waals surface area contributed by atoms with Crippen molar-refractivity contribution in [3.63, 3.8) is 0 Å². The van der Waals surface area contributed by atoms with Gasteiger partial charge in [-0.1, -0.05) is 64.1 Å². The summed E-state index contributed by atoms with van der Waals surface area (Å²) in [6.07, 6.45) is 0. The summed E-state index contributed by atoms with van der Waals surface area (Å²) in [6, 6.07) is 5.52. The van der Waals surface area contributed by atoms with Crippen molar-refractivity contribution in [2.24, 2.45) is 0 Å². The van der Waals surface area contributed by atoms with Crippen LogP contribution in [0.15, 0.2) is 22.7 Å². The first-order valence-electron chi connectivity index (χ1n) is 6.42. The van der Waals surface area contributed by atoms with Crippen LogP contribution in [0.2, 0.25) is 25.1 Å². The van der Waals surface area contributed by atoms with Gasteiger partial charge >= 0.3 is 0 Å². The number of anilines is 1. The van der Waals surface area contributed by atoms with Crippen molar-refractivity contribution in [1.82, 2.24) is 0 Å². The van der Waals surface area contributed by atoms with Crippen molar-refractivity contribution < 1.29 is 9.53 Å². The Labute approximate surface area is 172 Å². The van der Waals surface area contributed by atoms with E-state index in [0.29, 0.717) is 5.69 Å².